The molecule has 2 aromatic carbocycles. The second kappa shape index (κ2) is 5.59. The second-order valence-electron chi connectivity index (χ2n) is 7.23. The topological polar surface area (TPSA) is 18.5 Å². The Kier molecular flexibility index (Phi) is 3.37. The SMILES string of the molecule is S=C1OC2CC3C(c4ccccc4)C(CC2O1)C3c1ccccc1. The first-order valence-corrected chi connectivity index (χ1v) is 9.19. The maximum atomic E-state index is 5.82. The van der Waals surface area contributed by atoms with Crippen LogP contribution in [0.15, 0.2) is 60.7 Å². The van der Waals surface area contributed by atoms with Gasteiger partial charge >= 0.3 is 5.24 Å². The predicted octanol–water partition coefficient (Wildman–Crippen LogP) is 4.66. The first-order chi connectivity index (χ1) is 11.8. The van der Waals surface area contributed by atoms with E-state index in [1.807, 2.05) is 0 Å². The molecule has 5 rings (SSSR count). The summed E-state index contributed by atoms with van der Waals surface area (Å²) in [6.07, 6.45) is 2.32. The third kappa shape index (κ3) is 2.18. The molecule has 2 aliphatic carbocycles. The van der Waals surface area contributed by atoms with Crippen LogP contribution in [0, 0.1) is 11.8 Å². The van der Waals surface area contributed by atoms with Gasteiger partial charge in [-0.2, -0.15) is 0 Å². The number of benzene rings is 2. The van der Waals surface area contributed by atoms with Crippen LogP contribution in [0.4, 0.5) is 0 Å². The molecule has 2 bridgehead atoms. The summed E-state index contributed by atoms with van der Waals surface area (Å²) in [7, 11) is 0. The van der Waals surface area contributed by atoms with Gasteiger partial charge in [-0.25, -0.2) is 0 Å². The van der Waals surface area contributed by atoms with Crippen molar-refractivity contribution in [2.24, 2.45) is 11.8 Å². The van der Waals surface area contributed by atoms with Gasteiger partial charge in [0.25, 0.3) is 0 Å². The minimum absolute atomic E-state index is 0.132. The quantitative estimate of drug-likeness (QED) is 0.743. The van der Waals surface area contributed by atoms with Gasteiger partial charge < -0.3 is 9.47 Å². The van der Waals surface area contributed by atoms with E-state index in [4.69, 9.17) is 21.7 Å². The van der Waals surface area contributed by atoms with Crippen LogP contribution in [0.3, 0.4) is 0 Å². The number of hydrogen-bond acceptors (Lipinski definition) is 3. The molecule has 0 radical (unpaired) electrons. The maximum absolute atomic E-state index is 5.82. The number of hydrogen-bond donors (Lipinski definition) is 0. The van der Waals surface area contributed by atoms with Crippen molar-refractivity contribution in [3.8, 4) is 0 Å². The molecule has 2 saturated carbocycles. The summed E-state index contributed by atoms with van der Waals surface area (Å²) in [6, 6.07) is 21.9. The van der Waals surface area contributed by atoms with Gasteiger partial charge in [-0.1, -0.05) is 60.7 Å². The fourth-order valence-electron chi connectivity index (χ4n) is 5.23. The van der Waals surface area contributed by atoms with Crippen molar-refractivity contribution in [2.75, 3.05) is 0 Å². The molecule has 0 N–H and O–H groups in total. The summed E-state index contributed by atoms with van der Waals surface area (Å²) >= 11 is 5.13. The largest absolute Gasteiger partial charge is 0.450 e. The van der Waals surface area contributed by atoms with E-state index in [2.05, 4.69) is 60.7 Å². The average Bonchev–Trinajstić information content (AvgIpc) is 2.79. The Hall–Kier alpha value is -1.87. The standard InChI is InChI=1S/C21H20O2S/c24-21-22-17-11-15-19(13-7-3-1-4-8-13)16(12-18(17)23-21)20(15)14-9-5-2-6-10-14/h1-10,15-20H,11-12H2. The molecule has 3 heteroatoms. The summed E-state index contributed by atoms with van der Waals surface area (Å²) in [5.41, 5.74) is 2.92. The van der Waals surface area contributed by atoms with Crippen molar-refractivity contribution in [1.29, 1.82) is 0 Å². The highest BCUT2D eigenvalue weighted by atomic mass is 32.1. The van der Waals surface area contributed by atoms with Crippen LogP contribution in [-0.2, 0) is 9.47 Å². The van der Waals surface area contributed by atoms with Crippen LogP contribution in [0.1, 0.15) is 35.8 Å². The summed E-state index contributed by atoms with van der Waals surface area (Å²) < 4.78 is 11.6. The van der Waals surface area contributed by atoms with Crippen molar-refractivity contribution in [2.45, 2.75) is 36.9 Å². The zero-order valence-electron chi connectivity index (χ0n) is 13.4. The molecule has 2 aromatic rings. The van der Waals surface area contributed by atoms with Crippen LogP contribution in [0.25, 0.3) is 0 Å². The zero-order chi connectivity index (χ0) is 16.1. The van der Waals surface area contributed by atoms with Gasteiger partial charge in [0.1, 0.15) is 12.2 Å². The molecule has 1 heterocycles. The van der Waals surface area contributed by atoms with Crippen LogP contribution >= 0.6 is 12.2 Å². The van der Waals surface area contributed by atoms with Gasteiger partial charge in [-0.3, -0.25) is 0 Å². The lowest BCUT2D eigenvalue weighted by molar-refractivity contribution is 0.0756. The van der Waals surface area contributed by atoms with E-state index in [-0.39, 0.29) is 12.2 Å². The minimum Gasteiger partial charge on any atom is -0.450 e. The molecule has 24 heavy (non-hydrogen) atoms. The van der Waals surface area contributed by atoms with Crippen LogP contribution in [0.5, 0.6) is 0 Å². The van der Waals surface area contributed by atoms with Gasteiger partial charge in [0.15, 0.2) is 0 Å². The molecule has 3 fully saturated rings. The predicted molar refractivity (Wildman–Crippen MR) is 96.9 cm³/mol. The van der Waals surface area contributed by atoms with E-state index in [0.29, 0.717) is 28.9 Å². The third-order valence-corrected chi connectivity index (χ3v) is 6.33. The monoisotopic (exact) mass is 336 g/mol. The van der Waals surface area contributed by atoms with Crippen molar-refractivity contribution >= 4 is 17.5 Å². The Labute approximate surface area is 147 Å². The van der Waals surface area contributed by atoms with Crippen molar-refractivity contribution in [3.05, 3.63) is 71.8 Å². The normalized spacial score (nSPS) is 36.8. The molecular weight excluding hydrogens is 316 g/mol. The van der Waals surface area contributed by atoms with Crippen LogP contribution < -0.4 is 0 Å². The van der Waals surface area contributed by atoms with Crippen molar-refractivity contribution in [3.63, 3.8) is 0 Å². The highest BCUT2D eigenvalue weighted by Gasteiger charge is 2.58. The molecule has 3 aliphatic rings. The van der Waals surface area contributed by atoms with Gasteiger partial charge in [0.2, 0.25) is 0 Å². The molecular formula is C21H20O2S. The van der Waals surface area contributed by atoms with Crippen molar-refractivity contribution < 1.29 is 9.47 Å². The van der Waals surface area contributed by atoms with E-state index < -0.39 is 0 Å². The molecule has 2 unspecified atom stereocenters. The first kappa shape index (κ1) is 14.5. The Morgan fingerprint density at radius 3 is 1.50 bits per heavy atom. The molecule has 122 valence electrons. The highest BCUT2D eigenvalue weighted by molar-refractivity contribution is 7.79. The van der Waals surface area contributed by atoms with E-state index in [9.17, 15) is 0 Å². The van der Waals surface area contributed by atoms with E-state index >= 15 is 0 Å². The Morgan fingerprint density at radius 2 is 1.08 bits per heavy atom. The molecule has 1 aliphatic heterocycles. The molecule has 0 amide bonds. The Bertz CT molecular complexity index is 673. The third-order valence-electron chi connectivity index (χ3n) is 6.13. The lowest BCUT2D eigenvalue weighted by Crippen LogP contribution is -2.42. The lowest BCUT2D eigenvalue weighted by Gasteiger charge is -2.52. The fourth-order valence-corrected chi connectivity index (χ4v) is 5.47. The fraction of sp³-hybridized carbons (Fsp3) is 0.381. The lowest BCUT2D eigenvalue weighted by atomic mass is 9.52. The van der Waals surface area contributed by atoms with E-state index in [1.165, 1.54) is 11.1 Å². The maximum Gasteiger partial charge on any atom is 0.353 e. The van der Waals surface area contributed by atoms with Gasteiger partial charge in [-0.05, 0) is 47.6 Å². The number of ether oxygens (including phenoxy) is 2. The summed E-state index contributed by atoms with van der Waals surface area (Å²) in [5, 5.41) is 0.346. The van der Waals surface area contributed by atoms with Crippen molar-refractivity contribution in [1.82, 2.24) is 0 Å². The molecule has 0 spiro atoms. The van der Waals surface area contributed by atoms with Gasteiger partial charge in [0, 0.05) is 12.2 Å². The highest BCUT2D eigenvalue weighted by Crippen LogP contribution is 2.63. The van der Waals surface area contributed by atoms with E-state index in [0.717, 1.165) is 12.8 Å². The first-order valence-electron chi connectivity index (χ1n) is 8.78. The summed E-state index contributed by atoms with van der Waals surface area (Å²) in [5.74, 6) is 2.39. The zero-order valence-corrected chi connectivity index (χ0v) is 14.2. The molecule has 1 saturated heterocycles. The molecule has 0 aromatic heterocycles. The van der Waals surface area contributed by atoms with Gasteiger partial charge in [0.05, 0.1) is 0 Å². The van der Waals surface area contributed by atoms with Crippen LogP contribution in [0.2, 0.25) is 0 Å². The average molecular weight is 336 g/mol. The minimum atomic E-state index is 0.132. The number of rotatable bonds is 2. The number of thiocarbonyl (C=S) groups is 1. The second-order valence-corrected chi connectivity index (χ2v) is 7.57. The Balaban J connectivity index is 1.52. The molecule has 2 nitrogen and oxygen atoms in total. The number of fused-ring (bicyclic) bond motifs is 3. The van der Waals surface area contributed by atoms with E-state index in [1.54, 1.807) is 0 Å². The van der Waals surface area contributed by atoms with Gasteiger partial charge in [-0.15, -0.1) is 0 Å². The smallest absolute Gasteiger partial charge is 0.353 e. The Morgan fingerprint density at radius 1 is 0.667 bits per heavy atom. The summed E-state index contributed by atoms with van der Waals surface area (Å²) in [6.45, 7) is 0. The van der Waals surface area contributed by atoms with Crippen LogP contribution in [-0.4, -0.2) is 17.4 Å². The molecule has 2 atom stereocenters. The summed E-state index contributed by atoms with van der Waals surface area (Å²) in [4.78, 5) is 0.